The van der Waals surface area contributed by atoms with Crippen LogP contribution in [0.4, 0.5) is 0 Å². The van der Waals surface area contributed by atoms with Gasteiger partial charge in [-0.2, -0.15) is 0 Å². The topological polar surface area (TPSA) is 205 Å². The number of aromatic hydroxyl groups is 3. The van der Waals surface area contributed by atoms with Crippen LogP contribution in [0.1, 0.15) is 30.9 Å². The van der Waals surface area contributed by atoms with Crippen molar-refractivity contribution in [3.63, 3.8) is 0 Å². The second kappa shape index (κ2) is 9.48. The molecule has 3 aliphatic rings. The molecule has 39 heavy (non-hydrogen) atoms. The van der Waals surface area contributed by atoms with Crippen molar-refractivity contribution in [2.75, 3.05) is 13.7 Å². The van der Waals surface area contributed by atoms with Crippen LogP contribution in [0.15, 0.2) is 30.3 Å². The highest BCUT2D eigenvalue weighted by atomic mass is 16.8. The average Bonchev–Trinajstić information content (AvgIpc) is 3.05. The maximum atomic E-state index is 13.1. The Morgan fingerprint density at radius 1 is 1.03 bits per heavy atom. The van der Waals surface area contributed by atoms with Crippen LogP contribution in [0.3, 0.4) is 0 Å². The molecule has 2 saturated heterocycles. The average molecular weight is 551 g/mol. The molecule has 3 aliphatic heterocycles. The Balaban J connectivity index is 1.72. The summed E-state index contributed by atoms with van der Waals surface area (Å²) in [5.74, 6) is -4.59. The number of methoxy groups -OCH3 is 1. The maximum absolute atomic E-state index is 13.1. The molecule has 7 N–H and O–H groups in total. The van der Waals surface area contributed by atoms with Crippen molar-refractivity contribution in [2.45, 2.75) is 68.0 Å². The molecule has 13 nitrogen and oxygen atoms in total. The molecule has 212 valence electrons. The lowest BCUT2D eigenvalue weighted by Crippen LogP contribution is -2.61. The number of phenols is 3. The summed E-state index contributed by atoms with van der Waals surface area (Å²) in [7, 11) is 1.32. The molecule has 3 heterocycles. The number of hydrogen-bond acceptors (Lipinski definition) is 13. The normalized spacial score (nSPS) is 37.2. The summed E-state index contributed by atoms with van der Waals surface area (Å²) in [6.45, 7) is 2.03. The smallest absolute Gasteiger partial charge is 0.265 e. The van der Waals surface area contributed by atoms with Crippen molar-refractivity contribution in [2.24, 2.45) is 0 Å². The van der Waals surface area contributed by atoms with E-state index in [-0.39, 0.29) is 34.1 Å². The largest absolute Gasteiger partial charge is 0.508 e. The van der Waals surface area contributed by atoms with E-state index in [4.69, 9.17) is 23.7 Å². The van der Waals surface area contributed by atoms with Gasteiger partial charge in [-0.25, -0.2) is 0 Å². The number of aliphatic hydroxyl groups is 4. The molecule has 0 aliphatic carbocycles. The van der Waals surface area contributed by atoms with Gasteiger partial charge >= 0.3 is 0 Å². The number of ether oxygens (including phenoxy) is 5. The molecule has 9 unspecified atom stereocenters. The zero-order chi connectivity index (χ0) is 28.4. The summed E-state index contributed by atoms with van der Waals surface area (Å²) in [6.07, 6.45) is -9.54. The first-order valence-corrected chi connectivity index (χ1v) is 12.2. The molecule has 0 amide bonds. The second-order valence-corrected chi connectivity index (χ2v) is 10.0. The van der Waals surface area contributed by atoms with Crippen LogP contribution < -0.4 is 9.47 Å². The first-order chi connectivity index (χ1) is 18.4. The van der Waals surface area contributed by atoms with E-state index in [2.05, 4.69) is 0 Å². The van der Waals surface area contributed by atoms with Gasteiger partial charge in [-0.1, -0.05) is 0 Å². The highest BCUT2D eigenvalue weighted by Gasteiger charge is 2.71. The number of ketones is 1. The number of phenolic OH excluding ortho intramolecular Hbond substituents is 3. The zero-order valence-electron chi connectivity index (χ0n) is 21.2. The van der Waals surface area contributed by atoms with Crippen LogP contribution in [-0.2, 0) is 24.8 Å². The van der Waals surface area contributed by atoms with Crippen LogP contribution in [0.25, 0.3) is 0 Å². The highest BCUT2D eigenvalue weighted by molar-refractivity contribution is 5.87. The van der Waals surface area contributed by atoms with Gasteiger partial charge in [-0.3, -0.25) is 4.79 Å². The van der Waals surface area contributed by atoms with Gasteiger partial charge in [0.2, 0.25) is 0 Å². The van der Waals surface area contributed by atoms with Gasteiger partial charge in [0.15, 0.2) is 23.6 Å². The standard InChI is InChI=1S/C26H30O13/c1-10(28)25(2)19-18-14(31)7-12(29)8-16(18)38-26(39-25,11-4-5-13(30)15(6-11)35-3)23(19)37-24-22(34)21(33)20(32)17(9-27)36-24/h4-8,17,19-24,27,29-34H,9H2,1-3H3. The zero-order valence-corrected chi connectivity index (χ0v) is 21.2. The van der Waals surface area contributed by atoms with Crippen molar-refractivity contribution in [3.8, 4) is 28.7 Å². The number of carbonyl (C=O) groups excluding carboxylic acids is 1. The Morgan fingerprint density at radius 2 is 1.74 bits per heavy atom. The van der Waals surface area contributed by atoms with E-state index in [9.17, 15) is 40.5 Å². The fourth-order valence-electron chi connectivity index (χ4n) is 5.57. The Bertz CT molecular complexity index is 1280. The van der Waals surface area contributed by atoms with Gasteiger partial charge in [0.05, 0.1) is 19.6 Å². The van der Waals surface area contributed by atoms with Gasteiger partial charge in [0, 0.05) is 23.3 Å². The van der Waals surface area contributed by atoms with E-state index < -0.39 is 72.3 Å². The summed E-state index contributed by atoms with van der Waals surface area (Å²) in [6, 6.07) is 6.40. The third-order valence-electron chi connectivity index (χ3n) is 7.72. The summed E-state index contributed by atoms with van der Waals surface area (Å²) in [4.78, 5) is 13.1. The predicted molar refractivity (Wildman–Crippen MR) is 128 cm³/mol. The van der Waals surface area contributed by atoms with Crippen LogP contribution in [-0.4, -0.2) is 97.7 Å². The molecule has 2 fully saturated rings. The van der Waals surface area contributed by atoms with Gasteiger partial charge in [-0.15, -0.1) is 0 Å². The number of carbonyl (C=O) groups is 1. The molecule has 2 aromatic carbocycles. The molecule has 0 radical (unpaired) electrons. The lowest BCUT2D eigenvalue weighted by molar-refractivity contribution is -0.337. The lowest BCUT2D eigenvalue weighted by Gasteiger charge is -2.45. The first-order valence-electron chi connectivity index (χ1n) is 12.2. The minimum absolute atomic E-state index is 0.0248. The molecule has 9 atom stereocenters. The van der Waals surface area contributed by atoms with Gasteiger partial charge in [0.1, 0.15) is 53.4 Å². The van der Waals surface area contributed by atoms with Crippen LogP contribution in [0.2, 0.25) is 0 Å². The highest BCUT2D eigenvalue weighted by Crippen LogP contribution is 2.63. The third-order valence-corrected chi connectivity index (χ3v) is 7.72. The van der Waals surface area contributed by atoms with Crippen LogP contribution in [0.5, 0.6) is 28.7 Å². The van der Waals surface area contributed by atoms with Crippen LogP contribution >= 0.6 is 0 Å². The number of hydrogen-bond donors (Lipinski definition) is 7. The molecule has 5 rings (SSSR count). The van der Waals surface area contributed by atoms with E-state index >= 15 is 0 Å². The summed E-state index contributed by atoms with van der Waals surface area (Å²) in [5.41, 5.74) is -1.46. The predicted octanol–water partition coefficient (Wildman–Crippen LogP) is -0.296. The molecule has 0 spiro atoms. The SMILES string of the molecule is COc1cc(C23Oc4cc(O)cc(O)c4C(C2OC2OC(CO)C(O)C(O)C2O)C(C)(C(C)=O)O3)ccc1O. The molecular weight excluding hydrogens is 520 g/mol. The molecular formula is C26H30O13. The monoisotopic (exact) mass is 550 g/mol. The number of Topliss-reactive ketones (excluding diaryl/α,β-unsaturated/α-hetero) is 1. The van der Waals surface area contributed by atoms with Gasteiger partial charge in [-0.05, 0) is 32.0 Å². The third kappa shape index (κ3) is 4.00. The van der Waals surface area contributed by atoms with Gasteiger partial charge < -0.3 is 59.4 Å². The molecule has 0 aromatic heterocycles. The van der Waals surface area contributed by atoms with Crippen molar-refractivity contribution in [1.82, 2.24) is 0 Å². The summed E-state index contributed by atoms with van der Waals surface area (Å²) in [5, 5.41) is 72.2. The minimum Gasteiger partial charge on any atom is -0.508 e. The quantitative estimate of drug-likeness (QED) is 0.247. The molecule has 0 saturated carbocycles. The first kappa shape index (κ1) is 27.4. The Hall–Kier alpha value is -3.17. The van der Waals surface area contributed by atoms with Crippen LogP contribution in [0, 0.1) is 0 Å². The van der Waals surface area contributed by atoms with Crippen molar-refractivity contribution >= 4 is 5.78 Å². The van der Waals surface area contributed by atoms with E-state index in [1.165, 1.54) is 45.2 Å². The fourth-order valence-corrected chi connectivity index (χ4v) is 5.57. The van der Waals surface area contributed by atoms with E-state index in [1.54, 1.807) is 0 Å². The number of aliphatic hydroxyl groups excluding tert-OH is 4. The fraction of sp³-hybridized carbons (Fsp3) is 0.500. The van der Waals surface area contributed by atoms with E-state index in [0.717, 1.165) is 6.07 Å². The molecule has 2 bridgehead atoms. The Morgan fingerprint density at radius 3 is 2.38 bits per heavy atom. The minimum atomic E-state index is -2.02. The number of benzene rings is 2. The maximum Gasteiger partial charge on any atom is 0.265 e. The van der Waals surface area contributed by atoms with Crippen molar-refractivity contribution < 1.29 is 64.2 Å². The summed E-state index contributed by atoms with van der Waals surface area (Å²) >= 11 is 0. The molecule has 13 heteroatoms. The summed E-state index contributed by atoms with van der Waals surface area (Å²) < 4.78 is 29.7. The molecule has 2 aromatic rings. The van der Waals surface area contributed by atoms with E-state index in [1.807, 2.05) is 0 Å². The lowest BCUT2D eigenvalue weighted by atomic mass is 9.75. The van der Waals surface area contributed by atoms with Gasteiger partial charge in [0.25, 0.3) is 5.79 Å². The number of rotatable bonds is 6. The van der Waals surface area contributed by atoms with Crippen molar-refractivity contribution in [3.05, 3.63) is 41.5 Å². The van der Waals surface area contributed by atoms with E-state index in [0.29, 0.717) is 0 Å². The van der Waals surface area contributed by atoms with Crippen molar-refractivity contribution in [1.29, 1.82) is 0 Å². The second-order valence-electron chi connectivity index (χ2n) is 10.0. The Labute approximate surface area is 222 Å². The number of fused-ring (bicyclic) bond motifs is 4. The Kier molecular flexibility index (Phi) is 6.66.